The molecule has 2 N–H and O–H groups in total. The Morgan fingerprint density at radius 3 is 2.44 bits per heavy atom. The summed E-state index contributed by atoms with van der Waals surface area (Å²) < 4.78 is 39.1. The van der Waals surface area contributed by atoms with Crippen molar-refractivity contribution < 1.29 is 12.8 Å². The van der Waals surface area contributed by atoms with Crippen LogP contribution in [0.3, 0.4) is 0 Å². The molecule has 18 heavy (non-hydrogen) atoms. The zero-order chi connectivity index (χ0) is 14.1. The van der Waals surface area contributed by atoms with Gasteiger partial charge in [-0.15, -0.1) is 0 Å². The van der Waals surface area contributed by atoms with Gasteiger partial charge in [-0.2, -0.15) is 0 Å². The summed E-state index contributed by atoms with van der Waals surface area (Å²) in [6.07, 6.45) is 0. The second-order valence-corrected chi connectivity index (χ2v) is 6.83. The quantitative estimate of drug-likeness (QED) is 0.854. The minimum absolute atomic E-state index is 0.0598. The molecule has 4 nitrogen and oxygen atoms in total. The van der Waals surface area contributed by atoms with Gasteiger partial charge < -0.3 is 5.73 Å². The highest BCUT2D eigenvalue weighted by Gasteiger charge is 2.24. The number of hydrogen-bond acceptors (Lipinski definition) is 3. The van der Waals surface area contributed by atoms with Crippen LogP contribution in [-0.4, -0.2) is 26.3 Å². The van der Waals surface area contributed by atoms with E-state index >= 15 is 0 Å². The summed E-state index contributed by atoms with van der Waals surface area (Å²) in [6.45, 7) is 5.81. The van der Waals surface area contributed by atoms with Gasteiger partial charge in [0, 0.05) is 13.6 Å². The van der Waals surface area contributed by atoms with Crippen LogP contribution in [0.15, 0.2) is 17.0 Å². The Kier molecular flexibility index (Phi) is 4.34. The van der Waals surface area contributed by atoms with Crippen molar-refractivity contribution in [2.75, 3.05) is 19.3 Å². The molecule has 6 heteroatoms. The average molecular weight is 274 g/mol. The van der Waals surface area contributed by atoms with Gasteiger partial charge >= 0.3 is 0 Å². The minimum atomic E-state index is -3.62. The zero-order valence-corrected chi connectivity index (χ0v) is 11.9. The Morgan fingerprint density at radius 2 is 1.94 bits per heavy atom. The van der Waals surface area contributed by atoms with E-state index in [1.165, 1.54) is 17.4 Å². The largest absolute Gasteiger partial charge is 0.396 e. The number of nitrogens with zero attached hydrogens (tertiary/aromatic N) is 1. The fourth-order valence-corrected chi connectivity index (χ4v) is 3.30. The number of halogens is 1. The maximum Gasteiger partial charge on any atom is 0.243 e. The fraction of sp³-hybridized carbons (Fsp3) is 0.500. The molecule has 1 aromatic rings. The normalized spacial score (nSPS) is 12.4. The molecule has 102 valence electrons. The molecule has 0 aliphatic heterocycles. The fourth-order valence-electron chi connectivity index (χ4n) is 1.73. The first-order chi connectivity index (χ1) is 8.16. The van der Waals surface area contributed by atoms with E-state index in [0.717, 1.165) is 6.07 Å². The van der Waals surface area contributed by atoms with Gasteiger partial charge in [-0.25, -0.2) is 17.1 Å². The second-order valence-electron chi connectivity index (χ2n) is 4.82. The number of benzene rings is 1. The summed E-state index contributed by atoms with van der Waals surface area (Å²) >= 11 is 0. The van der Waals surface area contributed by atoms with Crippen LogP contribution in [0.2, 0.25) is 0 Å². The van der Waals surface area contributed by atoms with Crippen LogP contribution in [-0.2, 0) is 10.0 Å². The van der Waals surface area contributed by atoms with Gasteiger partial charge in [0.25, 0.3) is 0 Å². The third kappa shape index (κ3) is 3.00. The first kappa shape index (κ1) is 14.9. The number of aryl methyl sites for hydroxylation is 1. The molecular weight excluding hydrogens is 255 g/mol. The highest BCUT2D eigenvalue weighted by Crippen LogP contribution is 2.24. The molecule has 0 bridgehead atoms. The molecule has 1 aromatic carbocycles. The van der Waals surface area contributed by atoms with Crippen LogP contribution < -0.4 is 5.73 Å². The van der Waals surface area contributed by atoms with Crippen molar-refractivity contribution >= 4 is 15.7 Å². The van der Waals surface area contributed by atoms with Crippen molar-refractivity contribution in [1.82, 2.24) is 4.31 Å². The van der Waals surface area contributed by atoms with E-state index in [0.29, 0.717) is 12.1 Å². The molecule has 0 aliphatic carbocycles. The van der Waals surface area contributed by atoms with E-state index < -0.39 is 15.8 Å². The summed E-state index contributed by atoms with van der Waals surface area (Å²) in [7, 11) is -2.11. The van der Waals surface area contributed by atoms with E-state index in [4.69, 9.17) is 5.73 Å². The van der Waals surface area contributed by atoms with Crippen molar-refractivity contribution in [3.05, 3.63) is 23.5 Å². The predicted molar refractivity (Wildman–Crippen MR) is 70.2 cm³/mol. The number of rotatable bonds is 4. The highest BCUT2D eigenvalue weighted by molar-refractivity contribution is 7.89. The van der Waals surface area contributed by atoms with E-state index in [1.54, 1.807) is 6.92 Å². The van der Waals surface area contributed by atoms with Gasteiger partial charge in [-0.3, -0.25) is 0 Å². The lowest BCUT2D eigenvalue weighted by Crippen LogP contribution is -2.31. The first-order valence-electron chi connectivity index (χ1n) is 5.68. The second kappa shape index (κ2) is 5.24. The van der Waals surface area contributed by atoms with Gasteiger partial charge in [0.05, 0.1) is 10.6 Å². The average Bonchev–Trinajstić information content (AvgIpc) is 2.22. The zero-order valence-electron chi connectivity index (χ0n) is 11.1. The number of hydrogen-bond donors (Lipinski definition) is 1. The summed E-state index contributed by atoms with van der Waals surface area (Å²) in [4.78, 5) is 0.0598. The van der Waals surface area contributed by atoms with Crippen molar-refractivity contribution in [3.8, 4) is 0 Å². The van der Waals surface area contributed by atoms with Crippen molar-refractivity contribution in [2.45, 2.75) is 25.7 Å². The van der Waals surface area contributed by atoms with Crippen LogP contribution >= 0.6 is 0 Å². The van der Waals surface area contributed by atoms with Crippen molar-refractivity contribution in [1.29, 1.82) is 0 Å². The van der Waals surface area contributed by atoms with Crippen LogP contribution in [0.25, 0.3) is 0 Å². The lowest BCUT2D eigenvalue weighted by atomic mass is 10.2. The summed E-state index contributed by atoms with van der Waals surface area (Å²) in [5, 5.41) is 0. The summed E-state index contributed by atoms with van der Waals surface area (Å²) in [5.41, 5.74) is 5.63. The van der Waals surface area contributed by atoms with Crippen molar-refractivity contribution in [2.24, 2.45) is 5.92 Å². The molecular formula is C12H19FN2O2S. The lowest BCUT2D eigenvalue weighted by molar-refractivity contribution is 0.417. The predicted octanol–water partition coefficient (Wildman–Crippen LogP) is 1.99. The van der Waals surface area contributed by atoms with Gasteiger partial charge in [0.2, 0.25) is 10.0 Å². The number of sulfonamides is 1. The number of nitrogens with two attached hydrogens (primary N) is 1. The third-order valence-electron chi connectivity index (χ3n) is 2.60. The lowest BCUT2D eigenvalue weighted by Gasteiger charge is -2.20. The SMILES string of the molecule is Cc1cc(F)c(N)cc1S(=O)(=O)N(C)CC(C)C. The molecule has 0 amide bonds. The molecule has 1 rings (SSSR count). The van der Waals surface area contributed by atoms with Crippen LogP contribution in [0.4, 0.5) is 10.1 Å². The van der Waals surface area contributed by atoms with Gasteiger partial charge in [-0.05, 0) is 30.5 Å². The monoisotopic (exact) mass is 274 g/mol. The van der Waals surface area contributed by atoms with Crippen LogP contribution in [0.1, 0.15) is 19.4 Å². The highest BCUT2D eigenvalue weighted by atomic mass is 32.2. The molecule has 0 spiro atoms. The standard InChI is InChI=1S/C12H19FN2O2S/c1-8(2)7-15(4)18(16,17)12-6-11(14)10(13)5-9(12)3/h5-6,8H,7,14H2,1-4H3. The van der Waals surface area contributed by atoms with Crippen LogP contribution in [0, 0.1) is 18.7 Å². The molecule has 0 atom stereocenters. The smallest absolute Gasteiger partial charge is 0.243 e. The van der Waals surface area contributed by atoms with Gasteiger partial charge in [-0.1, -0.05) is 13.8 Å². The Labute approximate surface area is 108 Å². The molecule has 0 saturated heterocycles. The molecule has 0 aromatic heterocycles. The summed E-state index contributed by atoms with van der Waals surface area (Å²) in [5.74, 6) is -0.388. The minimum Gasteiger partial charge on any atom is -0.396 e. The van der Waals surface area contributed by atoms with E-state index in [1.807, 2.05) is 13.8 Å². The first-order valence-corrected chi connectivity index (χ1v) is 7.12. The molecule has 0 heterocycles. The Morgan fingerprint density at radius 1 is 1.39 bits per heavy atom. The maximum absolute atomic E-state index is 13.2. The molecule has 0 radical (unpaired) electrons. The van der Waals surface area contributed by atoms with Gasteiger partial charge in [0.1, 0.15) is 5.82 Å². The van der Waals surface area contributed by atoms with E-state index in [2.05, 4.69) is 0 Å². The topological polar surface area (TPSA) is 63.4 Å². The van der Waals surface area contributed by atoms with E-state index in [9.17, 15) is 12.8 Å². The number of anilines is 1. The molecule has 0 saturated carbocycles. The Balaban J connectivity index is 3.24. The van der Waals surface area contributed by atoms with Crippen LogP contribution in [0.5, 0.6) is 0 Å². The van der Waals surface area contributed by atoms with Gasteiger partial charge in [0.15, 0.2) is 0 Å². The molecule has 0 unspecified atom stereocenters. The third-order valence-corrected chi connectivity index (χ3v) is 4.57. The molecule has 0 fully saturated rings. The molecule has 0 aliphatic rings. The number of nitrogen functional groups attached to an aromatic ring is 1. The van der Waals surface area contributed by atoms with E-state index in [-0.39, 0.29) is 16.5 Å². The summed E-state index contributed by atoms with van der Waals surface area (Å²) in [6, 6.07) is 2.32. The maximum atomic E-state index is 13.2. The Hall–Kier alpha value is -1.14. The Bertz CT molecular complexity index is 541. The van der Waals surface area contributed by atoms with Crippen molar-refractivity contribution in [3.63, 3.8) is 0 Å².